The summed E-state index contributed by atoms with van der Waals surface area (Å²) in [5, 5.41) is 24.5. The van der Waals surface area contributed by atoms with Gasteiger partial charge in [0.25, 0.3) is 0 Å². The summed E-state index contributed by atoms with van der Waals surface area (Å²) in [4.78, 5) is 11.1. The molecule has 0 saturated heterocycles. The Morgan fingerprint density at radius 3 is 2.36 bits per heavy atom. The largest absolute Gasteiger partial charge is 0.481 e. The van der Waals surface area contributed by atoms with Crippen molar-refractivity contribution in [2.75, 3.05) is 5.32 Å². The second-order valence-electron chi connectivity index (χ2n) is 7.25. The molecule has 3 aromatic rings. The highest BCUT2D eigenvalue weighted by atomic mass is 16.4. The number of carboxylic acids is 1. The van der Waals surface area contributed by atoms with Gasteiger partial charge < -0.3 is 10.4 Å². The Bertz CT molecular complexity index is 915. The number of benzene rings is 2. The minimum atomic E-state index is -0.692. The lowest BCUT2D eigenvalue weighted by molar-refractivity contribution is -0.142. The number of carboxylic acid groups (broad SMARTS) is 1. The highest BCUT2D eigenvalue weighted by molar-refractivity contribution is 5.70. The molecule has 7 nitrogen and oxygen atoms in total. The maximum atomic E-state index is 11.1. The molecule has 2 aromatic carbocycles. The molecule has 1 aromatic heterocycles. The Balaban J connectivity index is 1.39. The van der Waals surface area contributed by atoms with E-state index in [1.165, 1.54) is 11.1 Å². The van der Waals surface area contributed by atoms with Crippen LogP contribution in [0.25, 0.3) is 11.1 Å². The van der Waals surface area contributed by atoms with Crippen LogP contribution < -0.4 is 5.32 Å². The average molecular weight is 377 g/mol. The van der Waals surface area contributed by atoms with Crippen LogP contribution in [0.2, 0.25) is 0 Å². The average Bonchev–Trinajstić information content (AvgIpc) is 3.16. The van der Waals surface area contributed by atoms with Crippen molar-refractivity contribution in [1.82, 2.24) is 20.2 Å². The van der Waals surface area contributed by atoms with Crippen LogP contribution in [-0.2, 0) is 11.3 Å². The zero-order chi connectivity index (χ0) is 19.3. The molecule has 1 heterocycles. The minimum Gasteiger partial charge on any atom is -0.481 e. The lowest BCUT2D eigenvalue weighted by Gasteiger charge is -2.26. The second kappa shape index (κ2) is 8.21. The van der Waals surface area contributed by atoms with Crippen LogP contribution in [0, 0.1) is 5.92 Å². The van der Waals surface area contributed by atoms with Gasteiger partial charge in [-0.3, -0.25) is 4.79 Å². The van der Waals surface area contributed by atoms with Gasteiger partial charge in [0, 0.05) is 6.04 Å². The van der Waals surface area contributed by atoms with Gasteiger partial charge in [-0.15, -0.1) is 0 Å². The molecule has 1 saturated carbocycles. The lowest BCUT2D eigenvalue weighted by atomic mass is 9.86. The molecule has 1 fully saturated rings. The molecule has 144 valence electrons. The zero-order valence-corrected chi connectivity index (χ0v) is 15.5. The maximum absolute atomic E-state index is 11.1. The van der Waals surface area contributed by atoms with E-state index in [4.69, 9.17) is 5.11 Å². The van der Waals surface area contributed by atoms with E-state index in [9.17, 15) is 4.79 Å². The molecule has 0 aliphatic heterocycles. The second-order valence-corrected chi connectivity index (χ2v) is 7.25. The summed E-state index contributed by atoms with van der Waals surface area (Å²) in [7, 11) is 0. The number of carbonyl (C=O) groups is 1. The van der Waals surface area contributed by atoms with Crippen molar-refractivity contribution in [3.05, 3.63) is 60.2 Å². The molecule has 0 amide bonds. The summed E-state index contributed by atoms with van der Waals surface area (Å²) in [5.74, 6) is -0.287. The lowest BCUT2D eigenvalue weighted by Crippen LogP contribution is -2.30. The first kappa shape index (κ1) is 18.2. The third kappa shape index (κ3) is 4.19. The number of nitrogens with one attached hydrogen (secondary N) is 1. The number of aliphatic carboxylic acids is 1. The molecule has 1 aliphatic carbocycles. The molecule has 0 unspecified atom stereocenters. The van der Waals surface area contributed by atoms with Gasteiger partial charge >= 0.3 is 5.97 Å². The van der Waals surface area contributed by atoms with E-state index < -0.39 is 5.97 Å². The fourth-order valence-corrected chi connectivity index (χ4v) is 3.69. The maximum Gasteiger partial charge on any atom is 0.306 e. The van der Waals surface area contributed by atoms with Crippen LogP contribution in [0.5, 0.6) is 0 Å². The van der Waals surface area contributed by atoms with Gasteiger partial charge in [-0.2, -0.15) is 0 Å². The fraction of sp³-hybridized carbons (Fsp3) is 0.333. The van der Waals surface area contributed by atoms with E-state index in [1.54, 1.807) is 4.68 Å². The monoisotopic (exact) mass is 377 g/mol. The predicted molar refractivity (Wildman–Crippen MR) is 106 cm³/mol. The summed E-state index contributed by atoms with van der Waals surface area (Å²) in [6.07, 6.45) is 3.01. The van der Waals surface area contributed by atoms with Crippen LogP contribution in [0.1, 0.15) is 31.2 Å². The van der Waals surface area contributed by atoms with Gasteiger partial charge in [0.05, 0.1) is 12.5 Å². The number of tetrazole rings is 1. The van der Waals surface area contributed by atoms with Gasteiger partial charge in [-0.1, -0.05) is 59.7 Å². The van der Waals surface area contributed by atoms with Gasteiger partial charge in [-0.25, -0.2) is 4.68 Å². The molecule has 7 heteroatoms. The van der Waals surface area contributed by atoms with Gasteiger partial charge in [0.2, 0.25) is 5.95 Å². The Morgan fingerprint density at radius 1 is 1.00 bits per heavy atom. The zero-order valence-electron chi connectivity index (χ0n) is 15.5. The molecule has 0 atom stereocenters. The molecule has 2 N–H and O–H groups in total. The molecule has 0 bridgehead atoms. The van der Waals surface area contributed by atoms with E-state index in [0.717, 1.165) is 18.4 Å². The van der Waals surface area contributed by atoms with Crippen LogP contribution in [0.4, 0.5) is 5.95 Å². The fourth-order valence-electron chi connectivity index (χ4n) is 3.69. The minimum absolute atomic E-state index is 0.209. The summed E-state index contributed by atoms with van der Waals surface area (Å²) in [6.45, 7) is 0.578. The molecule has 28 heavy (non-hydrogen) atoms. The van der Waals surface area contributed by atoms with Crippen LogP contribution >= 0.6 is 0 Å². The van der Waals surface area contributed by atoms with Gasteiger partial charge in [-0.05, 0) is 52.8 Å². The van der Waals surface area contributed by atoms with Crippen molar-refractivity contribution in [1.29, 1.82) is 0 Å². The van der Waals surface area contributed by atoms with Crippen molar-refractivity contribution < 1.29 is 9.90 Å². The standard InChI is InChI=1S/C21H23N5O2/c27-20(28)18-10-12-19(13-11-18)22-21-23-24-25-26(21)14-15-6-8-17(9-7-15)16-4-2-1-3-5-16/h1-9,18-19H,10-14H2,(H,27,28)(H,22,23,25). The van der Waals surface area contributed by atoms with Crippen LogP contribution in [-0.4, -0.2) is 37.3 Å². The SMILES string of the molecule is O=C(O)C1CCC(Nc2nnnn2Cc2ccc(-c3ccccc3)cc2)CC1. The first-order valence-electron chi connectivity index (χ1n) is 9.59. The third-order valence-electron chi connectivity index (χ3n) is 5.33. The smallest absolute Gasteiger partial charge is 0.306 e. The molecular weight excluding hydrogens is 354 g/mol. The van der Waals surface area contributed by atoms with Crippen molar-refractivity contribution in [2.45, 2.75) is 38.3 Å². The van der Waals surface area contributed by atoms with Crippen LogP contribution in [0.15, 0.2) is 54.6 Å². The topological polar surface area (TPSA) is 92.9 Å². The van der Waals surface area contributed by atoms with Crippen molar-refractivity contribution in [2.24, 2.45) is 5.92 Å². The Morgan fingerprint density at radius 2 is 1.68 bits per heavy atom. The molecule has 4 rings (SSSR count). The molecular formula is C21H23N5O2. The van der Waals surface area contributed by atoms with Gasteiger partial charge in [0.15, 0.2) is 0 Å². The number of rotatable bonds is 6. The number of nitrogens with zero attached hydrogens (tertiary/aromatic N) is 4. The van der Waals surface area contributed by atoms with E-state index in [1.807, 2.05) is 18.2 Å². The first-order valence-corrected chi connectivity index (χ1v) is 9.59. The highest BCUT2D eigenvalue weighted by Gasteiger charge is 2.26. The first-order chi connectivity index (χ1) is 13.7. The predicted octanol–water partition coefficient (Wildman–Crippen LogP) is 3.44. The number of hydrogen-bond donors (Lipinski definition) is 2. The quantitative estimate of drug-likeness (QED) is 0.683. The highest BCUT2D eigenvalue weighted by Crippen LogP contribution is 2.26. The Hall–Kier alpha value is -3.22. The summed E-state index contributed by atoms with van der Waals surface area (Å²) < 4.78 is 1.75. The van der Waals surface area contributed by atoms with Gasteiger partial charge in [0.1, 0.15) is 0 Å². The third-order valence-corrected chi connectivity index (χ3v) is 5.33. The van der Waals surface area contributed by atoms with E-state index in [0.29, 0.717) is 25.3 Å². The summed E-state index contributed by atoms with van der Waals surface area (Å²) in [6, 6.07) is 18.9. The van der Waals surface area contributed by atoms with Crippen molar-refractivity contribution in [3.8, 4) is 11.1 Å². The molecule has 0 spiro atoms. The Kier molecular flexibility index (Phi) is 5.32. The number of anilines is 1. The van der Waals surface area contributed by atoms with Crippen molar-refractivity contribution in [3.63, 3.8) is 0 Å². The number of hydrogen-bond acceptors (Lipinski definition) is 5. The summed E-state index contributed by atoms with van der Waals surface area (Å²) in [5.41, 5.74) is 3.48. The molecule has 1 aliphatic rings. The van der Waals surface area contributed by atoms with E-state index in [-0.39, 0.29) is 12.0 Å². The summed E-state index contributed by atoms with van der Waals surface area (Å²) >= 11 is 0. The van der Waals surface area contributed by atoms with Crippen LogP contribution in [0.3, 0.4) is 0 Å². The van der Waals surface area contributed by atoms with E-state index in [2.05, 4.69) is 57.2 Å². The number of aromatic nitrogens is 4. The Labute approximate surface area is 163 Å². The van der Waals surface area contributed by atoms with Crippen molar-refractivity contribution >= 4 is 11.9 Å². The normalized spacial score (nSPS) is 19.3. The van der Waals surface area contributed by atoms with E-state index >= 15 is 0 Å². The molecule has 0 radical (unpaired) electrons.